The zero-order valence-corrected chi connectivity index (χ0v) is 13.3. The van der Waals surface area contributed by atoms with Crippen LogP contribution in [0.4, 0.5) is 5.69 Å². The fourth-order valence-corrected chi connectivity index (χ4v) is 2.95. The van der Waals surface area contributed by atoms with Crippen LogP contribution in [0.1, 0.15) is 42.1 Å². The van der Waals surface area contributed by atoms with Gasteiger partial charge in [-0.15, -0.1) is 0 Å². The van der Waals surface area contributed by atoms with Crippen LogP contribution in [0.25, 0.3) is 0 Å². The topological polar surface area (TPSA) is 46.6 Å². The quantitative estimate of drug-likeness (QED) is 0.627. The number of para-hydroxylation sites is 1. The minimum absolute atomic E-state index is 0.0290. The van der Waals surface area contributed by atoms with Crippen LogP contribution in [-0.2, 0) is 4.79 Å². The summed E-state index contributed by atoms with van der Waals surface area (Å²) >= 11 is 0. The van der Waals surface area contributed by atoms with Gasteiger partial charge in [0.05, 0.1) is 0 Å². The minimum Gasteiger partial charge on any atom is -0.427 e. The highest BCUT2D eigenvalue weighted by atomic mass is 16.5. The van der Waals surface area contributed by atoms with Crippen LogP contribution < -0.4 is 9.64 Å². The van der Waals surface area contributed by atoms with Gasteiger partial charge in [-0.2, -0.15) is 0 Å². The molecule has 0 unspecified atom stereocenters. The van der Waals surface area contributed by atoms with Crippen LogP contribution in [0.2, 0.25) is 0 Å². The number of hydrogen-bond acceptors (Lipinski definition) is 3. The van der Waals surface area contributed by atoms with Gasteiger partial charge in [-0.25, -0.2) is 0 Å². The average Bonchev–Trinajstić information content (AvgIpc) is 2.55. The van der Waals surface area contributed by atoms with E-state index < -0.39 is 0 Å². The number of nitrogens with zero attached hydrogens (tertiary/aromatic N) is 1. The van der Waals surface area contributed by atoms with Crippen LogP contribution in [-0.4, -0.2) is 18.4 Å². The van der Waals surface area contributed by atoms with E-state index >= 15 is 0 Å². The summed E-state index contributed by atoms with van der Waals surface area (Å²) in [4.78, 5) is 25.6. The van der Waals surface area contributed by atoms with Gasteiger partial charge >= 0.3 is 5.97 Å². The number of amides is 1. The first kappa shape index (κ1) is 15.3. The summed E-state index contributed by atoms with van der Waals surface area (Å²) in [7, 11) is 0. The van der Waals surface area contributed by atoms with Gasteiger partial charge in [0.25, 0.3) is 5.91 Å². The average molecular weight is 309 g/mol. The first-order chi connectivity index (χ1) is 11.1. The summed E-state index contributed by atoms with van der Waals surface area (Å²) in [6, 6.07) is 14.7. The van der Waals surface area contributed by atoms with Gasteiger partial charge in [-0.3, -0.25) is 9.59 Å². The Balaban J connectivity index is 1.86. The van der Waals surface area contributed by atoms with Crippen molar-refractivity contribution in [1.82, 2.24) is 0 Å². The van der Waals surface area contributed by atoms with Crippen LogP contribution in [0.5, 0.6) is 5.75 Å². The molecule has 1 aliphatic heterocycles. The van der Waals surface area contributed by atoms with Crippen molar-refractivity contribution >= 4 is 17.6 Å². The Hall–Kier alpha value is -2.62. The Kier molecular flexibility index (Phi) is 4.15. The van der Waals surface area contributed by atoms with Gasteiger partial charge in [0.15, 0.2) is 0 Å². The summed E-state index contributed by atoms with van der Waals surface area (Å²) in [6.45, 7) is 4.25. The van der Waals surface area contributed by atoms with Crippen LogP contribution in [0.3, 0.4) is 0 Å². The first-order valence-corrected chi connectivity index (χ1v) is 7.75. The lowest BCUT2D eigenvalue weighted by atomic mass is 9.91. The second-order valence-electron chi connectivity index (χ2n) is 5.82. The fourth-order valence-electron chi connectivity index (χ4n) is 2.95. The van der Waals surface area contributed by atoms with Crippen LogP contribution in [0.15, 0.2) is 48.5 Å². The highest BCUT2D eigenvalue weighted by Gasteiger charge is 2.26. The monoisotopic (exact) mass is 309 g/mol. The summed E-state index contributed by atoms with van der Waals surface area (Å²) < 4.78 is 5.00. The molecule has 0 aromatic heterocycles. The zero-order chi connectivity index (χ0) is 16.4. The number of carbonyl (C=O) groups is 2. The third-order valence-corrected chi connectivity index (χ3v) is 4.15. The van der Waals surface area contributed by atoms with E-state index in [1.165, 1.54) is 12.5 Å². The van der Waals surface area contributed by atoms with Gasteiger partial charge in [0.1, 0.15) is 5.75 Å². The fraction of sp³-hybridized carbons (Fsp3) is 0.263. The number of ether oxygens (including phenoxy) is 1. The van der Waals surface area contributed by atoms with E-state index in [9.17, 15) is 9.59 Å². The lowest BCUT2D eigenvalue weighted by Gasteiger charge is -2.33. The van der Waals surface area contributed by atoms with Crippen molar-refractivity contribution in [2.24, 2.45) is 0 Å². The Morgan fingerprint density at radius 2 is 1.78 bits per heavy atom. The molecule has 1 amide bonds. The predicted octanol–water partition coefficient (Wildman–Crippen LogP) is 3.77. The smallest absolute Gasteiger partial charge is 0.308 e. The standard InChI is InChI=1S/C19H19NO3/c1-13-11-12-20(18-6-4-3-5-17(13)18)19(22)15-7-9-16(10-8-15)23-14(2)21/h3-10,13H,11-12H2,1-2H3/t13-/m0/s1. The zero-order valence-electron chi connectivity index (χ0n) is 13.3. The maximum Gasteiger partial charge on any atom is 0.308 e. The van der Waals surface area contributed by atoms with Crippen molar-refractivity contribution in [3.63, 3.8) is 0 Å². The number of anilines is 1. The van der Waals surface area contributed by atoms with Crippen molar-refractivity contribution in [3.05, 3.63) is 59.7 Å². The molecule has 4 heteroatoms. The van der Waals surface area contributed by atoms with Gasteiger partial charge in [0, 0.05) is 24.7 Å². The van der Waals surface area contributed by atoms with E-state index in [1.54, 1.807) is 24.3 Å². The first-order valence-electron chi connectivity index (χ1n) is 7.75. The molecule has 2 aromatic rings. The van der Waals surface area contributed by atoms with Crippen molar-refractivity contribution in [1.29, 1.82) is 0 Å². The summed E-state index contributed by atoms with van der Waals surface area (Å²) in [5.41, 5.74) is 2.79. The molecule has 3 rings (SSSR count). The molecule has 0 spiro atoms. The molecule has 1 heterocycles. The van der Waals surface area contributed by atoms with Crippen molar-refractivity contribution in [3.8, 4) is 5.75 Å². The van der Waals surface area contributed by atoms with Crippen LogP contribution >= 0.6 is 0 Å². The third-order valence-electron chi connectivity index (χ3n) is 4.15. The summed E-state index contributed by atoms with van der Waals surface area (Å²) in [5.74, 6) is 0.505. The maximum atomic E-state index is 12.8. The summed E-state index contributed by atoms with van der Waals surface area (Å²) in [5, 5.41) is 0. The Morgan fingerprint density at radius 3 is 2.48 bits per heavy atom. The van der Waals surface area contributed by atoms with Gasteiger partial charge in [-0.1, -0.05) is 25.1 Å². The molecule has 0 aliphatic carbocycles. The normalized spacial score (nSPS) is 16.6. The van der Waals surface area contributed by atoms with E-state index in [-0.39, 0.29) is 11.9 Å². The Labute approximate surface area is 135 Å². The molecule has 0 saturated carbocycles. The lowest BCUT2D eigenvalue weighted by molar-refractivity contribution is -0.131. The van der Waals surface area contributed by atoms with Gasteiger partial charge < -0.3 is 9.64 Å². The molecule has 23 heavy (non-hydrogen) atoms. The molecular formula is C19H19NO3. The largest absolute Gasteiger partial charge is 0.427 e. The SMILES string of the molecule is CC(=O)Oc1ccc(C(=O)N2CC[C@H](C)c3ccccc32)cc1. The number of fused-ring (bicyclic) bond motifs is 1. The molecule has 0 saturated heterocycles. The molecule has 1 aliphatic rings. The Bertz CT molecular complexity index is 737. The van der Waals surface area contributed by atoms with Crippen molar-refractivity contribution in [2.45, 2.75) is 26.2 Å². The highest BCUT2D eigenvalue weighted by Crippen LogP contribution is 2.35. The van der Waals surface area contributed by atoms with Crippen LogP contribution in [0, 0.1) is 0 Å². The van der Waals surface area contributed by atoms with E-state index in [4.69, 9.17) is 4.74 Å². The molecule has 2 aromatic carbocycles. The number of carbonyl (C=O) groups excluding carboxylic acids is 2. The number of rotatable bonds is 2. The van der Waals surface area contributed by atoms with E-state index in [0.29, 0.717) is 23.8 Å². The highest BCUT2D eigenvalue weighted by molar-refractivity contribution is 6.06. The molecule has 4 nitrogen and oxygen atoms in total. The molecule has 0 N–H and O–H groups in total. The lowest BCUT2D eigenvalue weighted by Crippen LogP contribution is -2.36. The van der Waals surface area contributed by atoms with E-state index in [1.807, 2.05) is 23.1 Å². The molecule has 0 fully saturated rings. The number of benzene rings is 2. The van der Waals surface area contributed by atoms with Crippen molar-refractivity contribution < 1.29 is 14.3 Å². The number of hydrogen-bond donors (Lipinski definition) is 0. The Morgan fingerprint density at radius 1 is 1.09 bits per heavy atom. The molecule has 0 radical (unpaired) electrons. The third kappa shape index (κ3) is 3.11. The molecule has 118 valence electrons. The van der Waals surface area contributed by atoms with Gasteiger partial charge in [-0.05, 0) is 48.2 Å². The van der Waals surface area contributed by atoms with Crippen molar-refractivity contribution in [2.75, 3.05) is 11.4 Å². The summed E-state index contributed by atoms with van der Waals surface area (Å²) in [6.07, 6.45) is 0.953. The van der Waals surface area contributed by atoms with E-state index in [2.05, 4.69) is 13.0 Å². The molecule has 1 atom stereocenters. The minimum atomic E-state index is -0.372. The number of esters is 1. The van der Waals surface area contributed by atoms with Gasteiger partial charge in [0.2, 0.25) is 0 Å². The molecule has 0 bridgehead atoms. The molecular weight excluding hydrogens is 290 g/mol. The maximum absolute atomic E-state index is 12.8. The second-order valence-corrected chi connectivity index (χ2v) is 5.82. The predicted molar refractivity (Wildman–Crippen MR) is 88.9 cm³/mol. The van der Waals surface area contributed by atoms with E-state index in [0.717, 1.165) is 12.1 Å². The second kappa shape index (κ2) is 6.24.